The summed E-state index contributed by atoms with van der Waals surface area (Å²) in [5, 5.41) is 6.73. The van der Waals surface area contributed by atoms with Crippen LogP contribution in [-0.4, -0.2) is 38.7 Å². The zero-order valence-electron chi connectivity index (χ0n) is 12.7. The highest BCUT2D eigenvalue weighted by Gasteiger charge is 2.10. The number of guanidine groups is 1. The second kappa shape index (κ2) is 10.3. The highest BCUT2D eigenvalue weighted by atomic mass is 16.5. The van der Waals surface area contributed by atoms with Gasteiger partial charge in [-0.15, -0.1) is 0 Å². The van der Waals surface area contributed by atoms with Crippen molar-refractivity contribution in [1.82, 2.24) is 10.6 Å². The van der Waals surface area contributed by atoms with Gasteiger partial charge in [0.1, 0.15) is 0 Å². The van der Waals surface area contributed by atoms with E-state index in [1.807, 2.05) is 0 Å². The molecule has 1 aliphatic carbocycles. The fourth-order valence-corrected chi connectivity index (χ4v) is 2.18. The van der Waals surface area contributed by atoms with E-state index in [-0.39, 0.29) is 5.97 Å². The van der Waals surface area contributed by atoms with E-state index in [1.165, 1.54) is 7.11 Å². The normalized spacial score (nSPS) is 15.4. The predicted octanol–water partition coefficient (Wildman–Crippen LogP) is 1.99. The highest BCUT2D eigenvalue weighted by Crippen LogP contribution is 2.08. The molecule has 2 N–H and O–H groups in total. The molecule has 0 aromatic carbocycles. The van der Waals surface area contributed by atoms with Gasteiger partial charge in [-0.3, -0.25) is 9.79 Å². The number of nitrogens with one attached hydrogen (secondary N) is 2. The number of carbonyl (C=O) groups excluding carboxylic acids is 1. The Morgan fingerprint density at radius 1 is 1.25 bits per heavy atom. The molecule has 1 aliphatic rings. The molecule has 0 unspecified atom stereocenters. The van der Waals surface area contributed by atoms with E-state index in [0.717, 1.165) is 51.0 Å². The SMILES string of the molecule is CN=C(NCCCCCCC(=O)OC)NC1CC=CC1. The summed E-state index contributed by atoms with van der Waals surface area (Å²) in [4.78, 5) is 15.2. The molecule has 1 rings (SSSR count). The van der Waals surface area contributed by atoms with Gasteiger partial charge in [0.2, 0.25) is 0 Å². The lowest BCUT2D eigenvalue weighted by Crippen LogP contribution is -2.42. The summed E-state index contributed by atoms with van der Waals surface area (Å²) >= 11 is 0. The first-order chi connectivity index (χ1) is 9.76. The molecule has 20 heavy (non-hydrogen) atoms. The molecular formula is C15H27N3O2. The summed E-state index contributed by atoms with van der Waals surface area (Å²) < 4.78 is 4.61. The van der Waals surface area contributed by atoms with Gasteiger partial charge in [-0.2, -0.15) is 0 Å². The Labute approximate surface area is 121 Å². The number of hydrogen-bond donors (Lipinski definition) is 2. The van der Waals surface area contributed by atoms with Gasteiger partial charge in [0.05, 0.1) is 7.11 Å². The van der Waals surface area contributed by atoms with Crippen molar-refractivity contribution in [2.24, 2.45) is 4.99 Å². The molecule has 114 valence electrons. The summed E-state index contributed by atoms with van der Waals surface area (Å²) in [7, 11) is 3.23. The molecule has 0 saturated heterocycles. The van der Waals surface area contributed by atoms with Crippen LogP contribution in [0.1, 0.15) is 44.9 Å². The molecule has 0 aromatic heterocycles. The lowest BCUT2D eigenvalue weighted by atomic mass is 10.1. The first-order valence-electron chi connectivity index (χ1n) is 7.45. The zero-order valence-corrected chi connectivity index (χ0v) is 12.7. The quantitative estimate of drug-likeness (QED) is 0.235. The summed E-state index contributed by atoms with van der Waals surface area (Å²) in [6.07, 6.45) is 11.3. The van der Waals surface area contributed by atoms with Crippen LogP contribution < -0.4 is 10.6 Å². The summed E-state index contributed by atoms with van der Waals surface area (Å²) in [5.74, 6) is 0.770. The summed E-state index contributed by atoms with van der Waals surface area (Å²) in [5.41, 5.74) is 0. The van der Waals surface area contributed by atoms with Gasteiger partial charge in [0.15, 0.2) is 5.96 Å². The molecule has 0 aliphatic heterocycles. The molecule has 0 amide bonds. The Kier molecular flexibility index (Phi) is 8.51. The maximum atomic E-state index is 10.9. The molecule has 0 aromatic rings. The first kappa shape index (κ1) is 16.5. The number of unbranched alkanes of at least 4 members (excludes halogenated alkanes) is 3. The second-order valence-electron chi connectivity index (χ2n) is 5.02. The second-order valence-corrected chi connectivity index (χ2v) is 5.02. The fraction of sp³-hybridized carbons (Fsp3) is 0.733. The number of hydrogen-bond acceptors (Lipinski definition) is 3. The van der Waals surface area contributed by atoms with Crippen molar-refractivity contribution >= 4 is 11.9 Å². The van der Waals surface area contributed by atoms with Crippen molar-refractivity contribution in [2.45, 2.75) is 51.0 Å². The van der Waals surface area contributed by atoms with E-state index in [4.69, 9.17) is 0 Å². The molecule has 0 radical (unpaired) electrons. The third-order valence-corrected chi connectivity index (χ3v) is 3.40. The van der Waals surface area contributed by atoms with Crippen molar-refractivity contribution in [3.8, 4) is 0 Å². The van der Waals surface area contributed by atoms with Crippen LogP contribution in [0.2, 0.25) is 0 Å². The lowest BCUT2D eigenvalue weighted by Gasteiger charge is -2.16. The molecule has 0 spiro atoms. The lowest BCUT2D eigenvalue weighted by molar-refractivity contribution is -0.140. The minimum absolute atomic E-state index is 0.113. The van der Waals surface area contributed by atoms with E-state index in [2.05, 4.69) is 32.5 Å². The van der Waals surface area contributed by atoms with Gasteiger partial charge in [-0.1, -0.05) is 25.0 Å². The van der Waals surface area contributed by atoms with Crippen LogP contribution in [0.3, 0.4) is 0 Å². The van der Waals surface area contributed by atoms with Gasteiger partial charge < -0.3 is 15.4 Å². The molecule has 0 bridgehead atoms. The molecule has 0 heterocycles. The monoisotopic (exact) mass is 281 g/mol. The topological polar surface area (TPSA) is 62.7 Å². The molecule has 5 heteroatoms. The third-order valence-electron chi connectivity index (χ3n) is 3.40. The first-order valence-corrected chi connectivity index (χ1v) is 7.45. The Morgan fingerprint density at radius 2 is 1.95 bits per heavy atom. The number of nitrogens with zero attached hydrogens (tertiary/aromatic N) is 1. The zero-order chi connectivity index (χ0) is 14.6. The number of aliphatic imine (C=N–C) groups is 1. The van der Waals surface area contributed by atoms with Crippen molar-refractivity contribution in [1.29, 1.82) is 0 Å². The average molecular weight is 281 g/mol. The van der Waals surface area contributed by atoms with Gasteiger partial charge in [-0.25, -0.2) is 0 Å². The van der Waals surface area contributed by atoms with E-state index < -0.39 is 0 Å². The summed E-state index contributed by atoms with van der Waals surface area (Å²) in [6, 6.07) is 0.487. The average Bonchev–Trinajstić information content (AvgIpc) is 2.97. The third kappa shape index (κ3) is 7.16. The van der Waals surface area contributed by atoms with Crippen LogP contribution >= 0.6 is 0 Å². The van der Waals surface area contributed by atoms with Gasteiger partial charge in [0.25, 0.3) is 0 Å². The fourth-order valence-electron chi connectivity index (χ4n) is 2.18. The Balaban J connectivity index is 1.97. The Morgan fingerprint density at radius 3 is 2.60 bits per heavy atom. The van der Waals surface area contributed by atoms with Crippen molar-refractivity contribution in [2.75, 3.05) is 20.7 Å². The number of methoxy groups -OCH3 is 1. The van der Waals surface area contributed by atoms with Crippen LogP contribution in [0.15, 0.2) is 17.1 Å². The van der Waals surface area contributed by atoms with Crippen LogP contribution in [0.4, 0.5) is 0 Å². The van der Waals surface area contributed by atoms with E-state index >= 15 is 0 Å². The van der Waals surface area contributed by atoms with Crippen molar-refractivity contribution in [3.63, 3.8) is 0 Å². The van der Waals surface area contributed by atoms with Crippen LogP contribution in [-0.2, 0) is 9.53 Å². The van der Waals surface area contributed by atoms with Gasteiger partial charge in [-0.05, 0) is 25.7 Å². The molecule has 0 saturated carbocycles. The summed E-state index contributed by atoms with van der Waals surface area (Å²) in [6.45, 7) is 0.915. The largest absolute Gasteiger partial charge is 0.469 e. The number of carbonyl (C=O) groups is 1. The molecule has 5 nitrogen and oxygen atoms in total. The number of esters is 1. The number of rotatable bonds is 8. The molecule has 0 fully saturated rings. The predicted molar refractivity (Wildman–Crippen MR) is 81.8 cm³/mol. The van der Waals surface area contributed by atoms with Gasteiger partial charge >= 0.3 is 5.97 Å². The highest BCUT2D eigenvalue weighted by molar-refractivity contribution is 5.80. The smallest absolute Gasteiger partial charge is 0.305 e. The maximum absolute atomic E-state index is 10.9. The van der Waals surface area contributed by atoms with Crippen molar-refractivity contribution < 1.29 is 9.53 Å². The number of ether oxygens (including phenoxy) is 1. The minimum Gasteiger partial charge on any atom is -0.469 e. The minimum atomic E-state index is -0.113. The molecular weight excluding hydrogens is 254 g/mol. The van der Waals surface area contributed by atoms with E-state index in [1.54, 1.807) is 7.05 Å². The van der Waals surface area contributed by atoms with Crippen LogP contribution in [0.5, 0.6) is 0 Å². The van der Waals surface area contributed by atoms with Crippen LogP contribution in [0, 0.1) is 0 Å². The van der Waals surface area contributed by atoms with Gasteiger partial charge in [0, 0.05) is 26.1 Å². The standard InChI is InChI=1S/C15H27N3O2/c1-16-15(18-13-9-6-7-10-13)17-12-8-4-3-5-11-14(19)20-2/h6-7,13H,3-5,8-12H2,1-2H3,(H2,16,17,18). The Hall–Kier alpha value is -1.52. The van der Waals surface area contributed by atoms with Crippen LogP contribution in [0.25, 0.3) is 0 Å². The van der Waals surface area contributed by atoms with E-state index in [9.17, 15) is 4.79 Å². The Bertz CT molecular complexity index is 332. The van der Waals surface area contributed by atoms with Crippen molar-refractivity contribution in [3.05, 3.63) is 12.2 Å². The molecule has 0 atom stereocenters. The van der Waals surface area contributed by atoms with E-state index in [0.29, 0.717) is 12.5 Å². The maximum Gasteiger partial charge on any atom is 0.305 e.